The quantitative estimate of drug-likeness (QED) is 0.403. The van der Waals surface area contributed by atoms with Gasteiger partial charge < -0.3 is 9.88 Å². The van der Waals surface area contributed by atoms with Gasteiger partial charge in [-0.05, 0) is 53.4 Å². The predicted molar refractivity (Wildman–Crippen MR) is 97.5 cm³/mol. The van der Waals surface area contributed by atoms with Gasteiger partial charge in [0.25, 0.3) is 0 Å². The highest BCUT2D eigenvalue weighted by Gasteiger charge is 2.18. The van der Waals surface area contributed by atoms with E-state index in [0.717, 1.165) is 36.2 Å². The first-order chi connectivity index (χ1) is 13.9. The molecule has 2 aromatic carbocycles. The fourth-order valence-corrected chi connectivity index (χ4v) is 3.45. The van der Waals surface area contributed by atoms with E-state index in [0.29, 0.717) is 12.1 Å². The molecule has 1 aliphatic heterocycles. The first-order valence-electron chi connectivity index (χ1n) is 9.10. The third-order valence-electron chi connectivity index (χ3n) is 4.93. The molecule has 0 bridgehead atoms. The monoisotopic (exact) mass is 403 g/mol. The number of nitrogens with one attached hydrogen (secondary N) is 1. The minimum atomic E-state index is -1.53. The summed E-state index contributed by atoms with van der Waals surface area (Å²) < 4.78 is 55.5. The van der Waals surface area contributed by atoms with E-state index in [1.54, 1.807) is 6.07 Å². The second-order valence-electron chi connectivity index (χ2n) is 7.04. The van der Waals surface area contributed by atoms with Crippen LogP contribution in [0, 0.1) is 23.3 Å². The van der Waals surface area contributed by atoms with Crippen molar-refractivity contribution in [3.8, 4) is 0 Å². The third kappa shape index (κ3) is 4.07. The fraction of sp³-hybridized carbons (Fsp3) is 0.238. The van der Waals surface area contributed by atoms with Crippen LogP contribution < -0.4 is 5.32 Å². The molecule has 150 valence electrons. The number of ketones is 1. The highest BCUT2D eigenvalue weighted by atomic mass is 19.2. The number of nitrogens with zero attached hydrogens (tertiary/aromatic N) is 2. The number of carbonyl (C=O) groups is 1. The number of carbonyl (C=O) groups excluding carboxylic acids is 1. The Morgan fingerprint density at radius 2 is 1.79 bits per heavy atom. The summed E-state index contributed by atoms with van der Waals surface area (Å²) in [6, 6.07) is 4.96. The topological polar surface area (TPSA) is 46.9 Å². The highest BCUT2D eigenvalue weighted by molar-refractivity contribution is 5.95. The van der Waals surface area contributed by atoms with Crippen LogP contribution in [0.5, 0.6) is 0 Å². The maximum atomic E-state index is 14.3. The summed E-state index contributed by atoms with van der Waals surface area (Å²) in [7, 11) is 0. The second kappa shape index (κ2) is 7.79. The van der Waals surface area contributed by atoms with Crippen molar-refractivity contribution in [2.75, 3.05) is 6.54 Å². The summed E-state index contributed by atoms with van der Waals surface area (Å²) in [5.41, 5.74) is 2.54. The molecule has 0 spiro atoms. The number of rotatable bonds is 5. The van der Waals surface area contributed by atoms with E-state index in [9.17, 15) is 22.4 Å². The van der Waals surface area contributed by atoms with Crippen LogP contribution in [-0.2, 0) is 25.9 Å². The normalized spacial score (nSPS) is 13.4. The zero-order valence-corrected chi connectivity index (χ0v) is 15.3. The summed E-state index contributed by atoms with van der Waals surface area (Å²) in [6.45, 7) is 1.42. The van der Waals surface area contributed by atoms with Crippen LogP contribution in [0.2, 0.25) is 0 Å². The lowest BCUT2D eigenvalue weighted by molar-refractivity contribution is 0.0987. The van der Waals surface area contributed by atoms with Crippen molar-refractivity contribution in [3.05, 3.63) is 88.0 Å². The van der Waals surface area contributed by atoms with Crippen LogP contribution in [0.4, 0.5) is 17.6 Å². The lowest BCUT2D eigenvalue weighted by Crippen LogP contribution is -2.24. The van der Waals surface area contributed by atoms with E-state index in [-0.39, 0.29) is 30.0 Å². The standard InChI is InChI=1S/C21H17F4N3O/c22-16-6-15-8-26-2-1-13(15)5-14(16)7-20(29)19-10-28(11-27-19)9-12-3-17(23)21(25)18(24)4-12/h3-6,10-11,26H,1-2,7-9H2. The molecule has 8 heteroatoms. The molecular formula is C21H17F4N3O. The van der Waals surface area contributed by atoms with E-state index in [4.69, 9.17) is 0 Å². The van der Waals surface area contributed by atoms with Gasteiger partial charge in [0.15, 0.2) is 23.2 Å². The van der Waals surface area contributed by atoms with Crippen LogP contribution in [0.1, 0.15) is 32.7 Å². The number of fused-ring (bicyclic) bond motifs is 1. The number of halogens is 4. The number of benzene rings is 2. The zero-order chi connectivity index (χ0) is 20.5. The van der Waals surface area contributed by atoms with Crippen molar-refractivity contribution in [2.24, 2.45) is 0 Å². The molecule has 4 nitrogen and oxygen atoms in total. The summed E-state index contributed by atoms with van der Waals surface area (Å²) >= 11 is 0. The largest absolute Gasteiger partial charge is 0.332 e. The molecule has 1 N–H and O–H groups in total. The minimum absolute atomic E-state index is 0.00854. The smallest absolute Gasteiger partial charge is 0.194 e. The first kappa shape index (κ1) is 19.3. The van der Waals surface area contributed by atoms with Crippen LogP contribution in [0.15, 0.2) is 36.8 Å². The Morgan fingerprint density at radius 3 is 2.55 bits per heavy atom. The van der Waals surface area contributed by atoms with E-state index in [1.807, 2.05) is 0 Å². The van der Waals surface area contributed by atoms with Crippen molar-refractivity contribution in [3.63, 3.8) is 0 Å². The zero-order valence-electron chi connectivity index (χ0n) is 15.3. The molecule has 0 saturated carbocycles. The maximum Gasteiger partial charge on any atom is 0.194 e. The van der Waals surface area contributed by atoms with Gasteiger partial charge >= 0.3 is 0 Å². The first-order valence-corrected chi connectivity index (χ1v) is 9.10. The molecule has 0 radical (unpaired) electrons. The molecule has 1 aliphatic rings. The number of hydrogen-bond acceptors (Lipinski definition) is 3. The molecule has 0 aliphatic carbocycles. The molecule has 0 atom stereocenters. The number of imidazole rings is 1. The number of aromatic nitrogens is 2. The Hall–Kier alpha value is -3.00. The van der Waals surface area contributed by atoms with Crippen molar-refractivity contribution in [1.82, 2.24) is 14.9 Å². The third-order valence-corrected chi connectivity index (χ3v) is 4.93. The van der Waals surface area contributed by atoms with Gasteiger partial charge in [-0.3, -0.25) is 4.79 Å². The van der Waals surface area contributed by atoms with Gasteiger partial charge in [0, 0.05) is 25.7 Å². The Morgan fingerprint density at radius 1 is 1.03 bits per heavy atom. The van der Waals surface area contributed by atoms with E-state index in [1.165, 1.54) is 23.2 Å². The minimum Gasteiger partial charge on any atom is -0.332 e. The molecule has 4 rings (SSSR count). The van der Waals surface area contributed by atoms with Gasteiger partial charge in [-0.15, -0.1) is 0 Å². The lowest BCUT2D eigenvalue weighted by Gasteiger charge is -2.18. The maximum absolute atomic E-state index is 14.3. The highest BCUT2D eigenvalue weighted by Crippen LogP contribution is 2.21. The van der Waals surface area contributed by atoms with Crippen LogP contribution in [-0.4, -0.2) is 21.9 Å². The van der Waals surface area contributed by atoms with E-state index >= 15 is 0 Å². The van der Waals surface area contributed by atoms with Gasteiger partial charge in [0.1, 0.15) is 11.5 Å². The van der Waals surface area contributed by atoms with Gasteiger partial charge in [0.05, 0.1) is 6.33 Å². The molecule has 0 saturated heterocycles. The Kier molecular flexibility index (Phi) is 5.19. The van der Waals surface area contributed by atoms with Crippen molar-refractivity contribution in [1.29, 1.82) is 0 Å². The Labute approximate surface area is 164 Å². The van der Waals surface area contributed by atoms with E-state index in [2.05, 4.69) is 10.3 Å². The average molecular weight is 403 g/mol. The van der Waals surface area contributed by atoms with Gasteiger partial charge in [-0.1, -0.05) is 6.07 Å². The van der Waals surface area contributed by atoms with Crippen molar-refractivity contribution >= 4 is 5.78 Å². The van der Waals surface area contributed by atoms with E-state index < -0.39 is 23.3 Å². The molecule has 0 amide bonds. The molecular weight excluding hydrogens is 386 g/mol. The summed E-state index contributed by atoms with van der Waals surface area (Å²) in [5.74, 6) is -4.90. The molecule has 2 heterocycles. The van der Waals surface area contributed by atoms with Crippen LogP contribution >= 0.6 is 0 Å². The van der Waals surface area contributed by atoms with Crippen LogP contribution in [0.3, 0.4) is 0 Å². The second-order valence-corrected chi connectivity index (χ2v) is 7.04. The molecule has 0 fully saturated rings. The fourth-order valence-electron chi connectivity index (χ4n) is 3.45. The van der Waals surface area contributed by atoms with Gasteiger partial charge in [0.2, 0.25) is 0 Å². The average Bonchev–Trinajstić information content (AvgIpc) is 3.15. The van der Waals surface area contributed by atoms with Gasteiger partial charge in [-0.25, -0.2) is 22.5 Å². The summed E-state index contributed by atoms with van der Waals surface area (Å²) in [4.78, 5) is 16.5. The lowest BCUT2D eigenvalue weighted by atomic mass is 9.95. The molecule has 1 aromatic heterocycles. The molecule has 3 aromatic rings. The van der Waals surface area contributed by atoms with Crippen molar-refractivity contribution in [2.45, 2.75) is 25.9 Å². The predicted octanol–water partition coefficient (Wildman–Crippen LogP) is 3.56. The Bertz CT molecular complexity index is 1070. The number of hydrogen-bond donors (Lipinski definition) is 1. The molecule has 0 unspecified atom stereocenters. The number of Topliss-reactive ketones (excluding diaryl/α,β-unsaturated/α-hetero) is 1. The van der Waals surface area contributed by atoms with Crippen molar-refractivity contribution < 1.29 is 22.4 Å². The van der Waals surface area contributed by atoms with Gasteiger partial charge in [-0.2, -0.15) is 0 Å². The molecule has 29 heavy (non-hydrogen) atoms. The van der Waals surface area contributed by atoms with Crippen LogP contribution in [0.25, 0.3) is 0 Å². The summed E-state index contributed by atoms with van der Waals surface area (Å²) in [6.07, 6.45) is 3.39. The summed E-state index contributed by atoms with van der Waals surface area (Å²) in [5, 5.41) is 3.17. The Balaban J connectivity index is 1.49. The SMILES string of the molecule is O=C(Cc1cc2c(cc1F)CNCC2)c1cn(Cc2cc(F)c(F)c(F)c2)cn1.